The number of carbonyl (C=O) groups is 1. The molecule has 1 amide bonds. The largest absolute Gasteiger partial charge is 0.376 e. The second-order valence-electron chi connectivity index (χ2n) is 11.9. The summed E-state index contributed by atoms with van der Waals surface area (Å²) in [6.07, 6.45) is 4.82. The number of hydrogen-bond acceptors (Lipinski definition) is 6. The van der Waals surface area contributed by atoms with Crippen LogP contribution in [0.5, 0.6) is 0 Å². The normalized spacial score (nSPS) is 25.6. The molecule has 2 fully saturated rings. The monoisotopic (exact) mass is 527 g/mol. The van der Waals surface area contributed by atoms with Gasteiger partial charge < -0.3 is 9.64 Å². The number of rotatable bonds is 5. The Labute approximate surface area is 232 Å². The van der Waals surface area contributed by atoms with E-state index in [0.29, 0.717) is 17.6 Å². The summed E-state index contributed by atoms with van der Waals surface area (Å²) >= 11 is 0. The fourth-order valence-electron chi connectivity index (χ4n) is 7.22. The van der Waals surface area contributed by atoms with Gasteiger partial charge in [0.05, 0.1) is 29.4 Å². The van der Waals surface area contributed by atoms with E-state index in [-0.39, 0.29) is 17.6 Å². The number of ether oxygens (including phenoxy) is 1. The van der Waals surface area contributed by atoms with Gasteiger partial charge in [-0.25, -0.2) is 0 Å². The molecule has 3 aromatic rings. The number of aromatic nitrogens is 2. The molecule has 0 N–H and O–H groups in total. The maximum atomic E-state index is 13.5. The average Bonchev–Trinajstić information content (AvgIpc) is 3.29. The molecule has 1 aliphatic carbocycles. The summed E-state index contributed by atoms with van der Waals surface area (Å²) in [5.74, 6) is 0.0680. The number of carbonyl (C=O) groups excluding carboxylic acids is 1. The lowest BCUT2D eigenvalue weighted by Crippen LogP contribution is -2.62. The first-order valence-corrected chi connectivity index (χ1v) is 14.6. The van der Waals surface area contributed by atoms with E-state index >= 15 is 0 Å². The number of piperazine rings is 1. The molecule has 7 heteroatoms. The van der Waals surface area contributed by atoms with Gasteiger partial charge in [-0.2, -0.15) is 10.2 Å². The highest BCUT2D eigenvalue weighted by atomic mass is 16.5. The molecule has 1 aromatic heterocycles. The summed E-state index contributed by atoms with van der Waals surface area (Å²) in [5.41, 5.74) is 5.75. The second-order valence-corrected chi connectivity index (χ2v) is 11.9. The zero-order valence-electron chi connectivity index (χ0n) is 23.8. The van der Waals surface area contributed by atoms with Crippen molar-refractivity contribution >= 4 is 16.8 Å². The number of nitrogens with zero attached hydrogens (tertiary/aromatic N) is 5. The Morgan fingerprint density at radius 3 is 2.67 bits per heavy atom. The molecule has 2 aliphatic heterocycles. The molecule has 7 nitrogen and oxygen atoms in total. The summed E-state index contributed by atoms with van der Waals surface area (Å²) in [6.45, 7) is 14.5. The third kappa shape index (κ3) is 4.85. The smallest absolute Gasteiger partial charge is 0.256 e. The number of benzene rings is 2. The third-order valence-electron chi connectivity index (χ3n) is 9.48. The minimum Gasteiger partial charge on any atom is -0.376 e. The van der Waals surface area contributed by atoms with Crippen LogP contribution in [0.2, 0.25) is 0 Å². The molecule has 3 atom stereocenters. The Bertz CT molecular complexity index is 1350. The first kappa shape index (κ1) is 26.4. The zero-order chi connectivity index (χ0) is 27.1. The van der Waals surface area contributed by atoms with E-state index in [2.05, 4.69) is 65.9 Å². The minimum atomic E-state index is 0.0680. The molecule has 6 rings (SSSR count). The van der Waals surface area contributed by atoms with Crippen molar-refractivity contribution in [1.29, 1.82) is 0 Å². The summed E-state index contributed by atoms with van der Waals surface area (Å²) in [7, 11) is 0. The summed E-state index contributed by atoms with van der Waals surface area (Å²) in [5, 5.41) is 9.16. The van der Waals surface area contributed by atoms with E-state index in [4.69, 9.17) is 4.74 Å². The third-order valence-corrected chi connectivity index (χ3v) is 9.48. The molecule has 0 bridgehead atoms. The Balaban J connectivity index is 1.12. The van der Waals surface area contributed by atoms with E-state index < -0.39 is 0 Å². The summed E-state index contributed by atoms with van der Waals surface area (Å²) in [4.78, 5) is 20.9. The molecule has 206 valence electrons. The van der Waals surface area contributed by atoms with Gasteiger partial charge >= 0.3 is 0 Å². The van der Waals surface area contributed by atoms with Crippen LogP contribution in [0, 0.1) is 6.92 Å². The highest BCUT2D eigenvalue weighted by molar-refractivity contribution is 6.05. The maximum absolute atomic E-state index is 13.5. The molecular weight excluding hydrogens is 486 g/mol. The fraction of sp³-hybridized carbons (Fsp3) is 0.531. The van der Waals surface area contributed by atoms with Gasteiger partial charge in [0, 0.05) is 62.7 Å². The van der Waals surface area contributed by atoms with Crippen molar-refractivity contribution in [3.63, 3.8) is 0 Å². The van der Waals surface area contributed by atoms with Crippen molar-refractivity contribution < 1.29 is 9.53 Å². The number of piperidine rings is 1. The number of likely N-dealkylation sites (tertiary alicyclic amines) is 1. The quantitative estimate of drug-likeness (QED) is 0.482. The van der Waals surface area contributed by atoms with Gasteiger partial charge in [0.25, 0.3) is 5.91 Å². The SMILES string of the molecule is CCO[C@@H]1Cc2cc(C)ccc2[C@H]1N1CCN(C2(C)CCN(C(=O)c3cnnc4ccccc34)CC2)C[C@@H]1C. The van der Waals surface area contributed by atoms with Crippen LogP contribution in [-0.2, 0) is 11.2 Å². The average molecular weight is 528 g/mol. The van der Waals surface area contributed by atoms with Crippen LogP contribution >= 0.6 is 0 Å². The van der Waals surface area contributed by atoms with E-state index in [0.717, 1.165) is 69.5 Å². The van der Waals surface area contributed by atoms with Crippen LogP contribution in [0.1, 0.15) is 66.7 Å². The highest BCUT2D eigenvalue weighted by Crippen LogP contribution is 2.41. The minimum absolute atomic E-state index is 0.0680. The van der Waals surface area contributed by atoms with Crippen LogP contribution in [-0.4, -0.2) is 87.8 Å². The zero-order valence-corrected chi connectivity index (χ0v) is 23.8. The molecular formula is C32H41N5O2. The van der Waals surface area contributed by atoms with Crippen molar-refractivity contribution in [3.05, 3.63) is 70.9 Å². The Kier molecular flexibility index (Phi) is 7.16. The molecule has 0 unspecified atom stereocenters. The summed E-state index contributed by atoms with van der Waals surface area (Å²) in [6, 6.07) is 15.5. The Morgan fingerprint density at radius 2 is 1.90 bits per heavy atom. The Morgan fingerprint density at radius 1 is 1.10 bits per heavy atom. The first-order chi connectivity index (χ1) is 18.9. The van der Waals surface area contributed by atoms with Crippen molar-refractivity contribution in [1.82, 2.24) is 24.9 Å². The lowest BCUT2D eigenvalue weighted by molar-refractivity contribution is -0.0630. The lowest BCUT2D eigenvalue weighted by Gasteiger charge is -2.53. The molecule has 2 saturated heterocycles. The number of amides is 1. The van der Waals surface area contributed by atoms with E-state index in [1.54, 1.807) is 6.20 Å². The van der Waals surface area contributed by atoms with Crippen LogP contribution in [0.25, 0.3) is 10.9 Å². The molecule has 0 spiro atoms. The molecule has 0 radical (unpaired) electrons. The number of fused-ring (bicyclic) bond motifs is 2. The van der Waals surface area contributed by atoms with Crippen LogP contribution in [0.4, 0.5) is 0 Å². The predicted octanol–water partition coefficient (Wildman–Crippen LogP) is 4.64. The highest BCUT2D eigenvalue weighted by Gasteiger charge is 2.44. The van der Waals surface area contributed by atoms with Gasteiger partial charge in [-0.05, 0) is 57.7 Å². The second kappa shape index (κ2) is 10.6. The van der Waals surface area contributed by atoms with Gasteiger partial charge in [0.2, 0.25) is 0 Å². The van der Waals surface area contributed by atoms with Crippen molar-refractivity contribution in [2.45, 2.75) is 70.7 Å². The van der Waals surface area contributed by atoms with Crippen molar-refractivity contribution in [2.24, 2.45) is 0 Å². The lowest BCUT2D eigenvalue weighted by atomic mass is 9.86. The van der Waals surface area contributed by atoms with Crippen LogP contribution < -0.4 is 0 Å². The van der Waals surface area contributed by atoms with Gasteiger partial charge in [-0.1, -0.05) is 42.0 Å². The molecule has 39 heavy (non-hydrogen) atoms. The molecule has 3 heterocycles. The van der Waals surface area contributed by atoms with Crippen LogP contribution in [0.15, 0.2) is 48.7 Å². The van der Waals surface area contributed by atoms with E-state index in [1.165, 1.54) is 16.7 Å². The van der Waals surface area contributed by atoms with Crippen LogP contribution in [0.3, 0.4) is 0 Å². The fourth-order valence-corrected chi connectivity index (χ4v) is 7.22. The standard InChI is InChI=1S/C32H41N5O2/c1-5-39-29-19-24-18-22(2)10-11-25(24)30(29)37-17-16-36(21-23(37)3)32(4)12-14-35(15-13-32)31(38)27-20-33-34-28-9-7-6-8-26(27)28/h6-11,18,20,23,29-30H,5,12-17,19,21H2,1-4H3/t23-,29+,30+/m0/s1. The van der Waals surface area contributed by atoms with Gasteiger partial charge in [0.15, 0.2) is 0 Å². The topological polar surface area (TPSA) is 61.8 Å². The van der Waals surface area contributed by atoms with Gasteiger partial charge in [0.1, 0.15) is 0 Å². The summed E-state index contributed by atoms with van der Waals surface area (Å²) < 4.78 is 6.30. The van der Waals surface area contributed by atoms with E-state index in [9.17, 15) is 4.79 Å². The first-order valence-electron chi connectivity index (χ1n) is 14.6. The van der Waals surface area contributed by atoms with E-state index in [1.807, 2.05) is 29.2 Å². The molecule has 2 aromatic carbocycles. The van der Waals surface area contributed by atoms with Crippen molar-refractivity contribution in [2.75, 3.05) is 39.3 Å². The predicted molar refractivity (Wildman–Crippen MR) is 154 cm³/mol. The Hall–Kier alpha value is -2.87. The van der Waals surface area contributed by atoms with Gasteiger partial charge in [-0.15, -0.1) is 0 Å². The maximum Gasteiger partial charge on any atom is 0.256 e. The van der Waals surface area contributed by atoms with Crippen molar-refractivity contribution in [3.8, 4) is 0 Å². The molecule has 3 aliphatic rings. The number of aryl methyl sites for hydroxylation is 1. The molecule has 0 saturated carbocycles. The van der Waals surface area contributed by atoms with Gasteiger partial charge in [-0.3, -0.25) is 14.6 Å². The number of hydrogen-bond donors (Lipinski definition) is 0.